The van der Waals surface area contributed by atoms with Crippen LogP contribution in [0.3, 0.4) is 0 Å². The van der Waals surface area contributed by atoms with Gasteiger partial charge in [-0.15, -0.1) is 0 Å². The lowest BCUT2D eigenvalue weighted by Crippen LogP contribution is -2.67. The number of ether oxygens (including phenoxy) is 3. The zero-order valence-electron chi connectivity index (χ0n) is 30.3. The number of methoxy groups -OCH3 is 1. The number of esters is 2. The van der Waals surface area contributed by atoms with Crippen LogP contribution in [0.25, 0.3) is 0 Å². The lowest BCUT2D eigenvalue weighted by Gasteiger charge is -2.70. The molecule has 6 N–H and O–H groups in total. The summed E-state index contributed by atoms with van der Waals surface area (Å²) in [4.78, 5) is 40.1. The van der Waals surface area contributed by atoms with Crippen molar-refractivity contribution in [3.8, 4) is 0 Å². The van der Waals surface area contributed by atoms with Crippen molar-refractivity contribution in [2.45, 2.75) is 136 Å². The minimum atomic E-state index is -1.75. The lowest BCUT2D eigenvalue weighted by molar-refractivity contribution is -0.299. The van der Waals surface area contributed by atoms with Gasteiger partial charge in [-0.25, -0.2) is 0 Å². The molecule has 49 heavy (non-hydrogen) atoms. The number of aliphatic carboxylic acids is 1. The van der Waals surface area contributed by atoms with Crippen LogP contribution in [0.2, 0.25) is 0 Å². The van der Waals surface area contributed by atoms with Crippen LogP contribution < -0.4 is 0 Å². The molecule has 5 rings (SSSR count). The summed E-state index contributed by atoms with van der Waals surface area (Å²) in [6.07, 6.45) is -2.30. The first kappa shape index (κ1) is 38.1. The Morgan fingerprint density at radius 3 is 2.22 bits per heavy atom. The molecule has 3 saturated carbocycles. The van der Waals surface area contributed by atoms with Gasteiger partial charge in [-0.05, 0) is 99.7 Å². The minimum Gasteiger partial charge on any atom is -0.481 e. The highest BCUT2D eigenvalue weighted by atomic mass is 16.7. The Hall–Kier alpha value is -2.09. The number of aliphatic hydroxyl groups excluding tert-OH is 4. The van der Waals surface area contributed by atoms with Crippen LogP contribution in [0.4, 0.5) is 0 Å². The number of hydrogen-bond acceptors (Lipinski definition) is 11. The van der Waals surface area contributed by atoms with E-state index in [-0.39, 0.29) is 30.1 Å². The lowest BCUT2D eigenvalue weighted by atomic mass is 9.34. The summed E-state index contributed by atoms with van der Waals surface area (Å²) in [5.41, 5.74) is -4.29. The van der Waals surface area contributed by atoms with Gasteiger partial charge in [0.1, 0.15) is 24.4 Å². The van der Waals surface area contributed by atoms with Crippen molar-refractivity contribution in [1.82, 2.24) is 0 Å². The van der Waals surface area contributed by atoms with Crippen molar-refractivity contribution in [3.63, 3.8) is 0 Å². The fourth-order valence-electron chi connectivity index (χ4n) is 11.8. The molecule has 1 heterocycles. The zero-order chi connectivity index (χ0) is 36.7. The van der Waals surface area contributed by atoms with E-state index in [2.05, 4.69) is 19.9 Å². The molecular formula is C37H58O12. The molecule has 0 amide bonds. The summed E-state index contributed by atoms with van der Waals surface area (Å²) in [6.45, 7) is 13.2. The van der Waals surface area contributed by atoms with Crippen molar-refractivity contribution in [3.05, 3.63) is 11.6 Å². The number of carboxylic acid groups (broad SMARTS) is 1. The summed E-state index contributed by atoms with van der Waals surface area (Å²) < 4.78 is 16.6. The Balaban J connectivity index is 1.59. The molecule has 0 radical (unpaired) electrons. The predicted octanol–water partition coefficient (Wildman–Crippen LogP) is 2.96. The molecule has 4 fully saturated rings. The van der Waals surface area contributed by atoms with Gasteiger partial charge in [0.05, 0.1) is 36.6 Å². The Morgan fingerprint density at radius 1 is 0.980 bits per heavy atom. The van der Waals surface area contributed by atoms with Gasteiger partial charge in [0, 0.05) is 5.92 Å². The van der Waals surface area contributed by atoms with Crippen LogP contribution in [0.1, 0.15) is 99.8 Å². The van der Waals surface area contributed by atoms with Gasteiger partial charge < -0.3 is 44.8 Å². The first-order valence-corrected chi connectivity index (χ1v) is 17.8. The highest BCUT2D eigenvalue weighted by molar-refractivity contribution is 5.79. The summed E-state index contributed by atoms with van der Waals surface area (Å²) >= 11 is 0. The molecule has 12 heteroatoms. The van der Waals surface area contributed by atoms with Gasteiger partial charge in [0.25, 0.3) is 0 Å². The standard InChI is InChI=1S/C37H58O12/c1-19-11-14-37(31(45)49-29-27(43)26(42)25(41)21(18-38)48-29)16-15-34(5)20(28(37)36(19,7)46)9-10-23-33(4,17-24(39)40)22(12-13-35(23,34)6)32(2,3)30(44)47-8/h9,19,21-23,25-29,38,41-43,46H,10-18H2,1-8H3,(H,39,40)/t19-,21-,22+,23-,25-,26+,27-,28-,29+,33+,34-,35-,36-,37+/m1/s1. The maximum Gasteiger partial charge on any atom is 0.315 e. The molecule has 4 aliphatic carbocycles. The van der Waals surface area contributed by atoms with Crippen molar-refractivity contribution in [2.24, 2.45) is 50.7 Å². The number of aliphatic hydroxyl groups is 5. The number of allylic oxidation sites excluding steroid dienone is 1. The Kier molecular flexibility index (Phi) is 9.77. The molecule has 0 aromatic heterocycles. The van der Waals surface area contributed by atoms with Gasteiger partial charge in [-0.3, -0.25) is 14.4 Å². The molecule has 12 nitrogen and oxygen atoms in total. The van der Waals surface area contributed by atoms with E-state index in [1.54, 1.807) is 6.92 Å². The minimum absolute atomic E-state index is 0.120. The largest absolute Gasteiger partial charge is 0.481 e. The van der Waals surface area contributed by atoms with E-state index >= 15 is 0 Å². The molecular weight excluding hydrogens is 636 g/mol. The SMILES string of the molecule is COC(=O)C(C)(C)[C@@H]1CC[C@]2(C)[C@H](CC=C3[C@H]4[C@](C(=O)O[C@@H]5O[C@H](CO)[C@@H](O)[C@H](O)[C@H]5O)(CC[C@@H](C)[C@@]4(C)O)CC[C@]32C)[C@@]1(C)CC(=O)O. The molecule has 5 aliphatic rings. The van der Waals surface area contributed by atoms with E-state index in [0.717, 1.165) is 5.57 Å². The first-order valence-electron chi connectivity index (χ1n) is 17.8. The third-order valence-electron chi connectivity index (χ3n) is 14.9. The summed E-state index contributed by atoms with van der Waals surface area (Å²) in [5, 5.41) is 63.7. The molecule has 1 saturated heterocycles. The van der Waals surface area contributed by atoms with Gasteiger partial charge >= 0.3 is 17.9 Å². The predicted molar refractivity (Wildman–Crippen MR) is 175 cm³/mol. The maximum absolute atomic E-state index is 14.5. The molecule has 278 valence electrons. The second kappa shape index (κ2) is 12.5. The number of carbonyl (C=O) groups excluding carboxylic acids is 2. The maximum atomic E-state index is 14.5. The molecule has 0 spiro atoms. The third kappa shape index (κ3) is 5.41. The average molecular weight is 695 g/mol. The second-order valence-electron chi connectivity index (χ2n) is 17.4. The fourth-order valence-corrected chi connectivity index (χ4v) is 11.8. The fraction of sp³-hybridized carbons (Fsp3) is 0.865. The third-order valence-corrected chi connectivity index (χ3v) is 14.9. The summed E-state index contributed by atoms with van der Waals surface area (Å²) in [5.74, 6) is -3.23. The number of hydrogen-bond donors (Lipinski definition) is 6. The van der Waals surface area contributed by atoms with Crippen molar-refractivity contribution >= 4 is 17.9 Å². The molecule has 0 aromatic carbocycles. The topological polar surface area (TPSA) is 200 Å². The summed E-state index contributed by atoms with van der Waals surface area (Å²) in [7, 11) is 1.36. The van der Waals surface area contributed by atoms with Crippen molar-refractivity contribution < 1.29 is 59.2 Å². The summed E-state index contributed by atoms with van der Waals surface area (Å²) in [6, 6.07) is 0. The first-order chi connectivity index (χ1) is 22.6. The van der Waals surface area contributed by atoms with Crippen LogP contribution in [0.5, 0.6) is 0 Å². The van der Waals surface area contributed by atoms with E-state index in [1.165, 1.54) is 7.11 Å². The van der Waals surface area contributed by atoms with Crippen LogP contribution in [-0.2, 0) is 28.6 Å². The van der Waals surface area contributed by atoms with Crippen LogP contribution in [-0.4, -0.2) is 98.6 Å². The van der Waals surface area contributed by atoms with Crippen LogP contribution in [0.15, 0.2) is 11.6 Å². The van der Waals surface area contributed by atoms with E-state index in [4.69, 9.17) is 14.2 Å². The highest BCUT2D eigenvalue weighted by Gasteiger charge is 2.71. The Morgan fingerprint density at radius 2 is 1.63 bits per heavy atom. The average Bonchev–Trinajstić information content (AvgIpc) is 3.02. The quantitative estimate of drug-likeness (QED) is 0.168. The van der Waals surface area contributed by atoms with E-state index in [9.17, 15) is 45.0 Å². The van der Waals surface area contributed by atoms with Crippen molar-refractivity contribution in [2.75, 3.05) is 13.7 Å². The van der Waals surface area contributed by atoms with Crippen molar-refractivity contribution in [1.29, 1.82) is 0 Å². The molecule has 0 bridgehead atoms. The monoisotopic (exact) mass is 694 g/mol. The van der Waals surface area contributed by atoms with Crippen LogP contribution >= 0.6 is 0 Å². The molecule has 0 unspecified atom stereocenters. The molecule has 1 aliphatic heterocycles. The van der Waals surface area contributed by atoms with Gasteiger partial charge in [-0.2, -0.15) is 0 Å². The number of fused-ring (bicyclic) bond motifs is 5. The highest BCUT2D eigenvalue weighted by Crippen LogP contribution is 2.75. The normalized spacial score (nSPS) is 48.3. The number of rotatable bonds is 7. The van der Waals surface area contributed by atoms with Gasteiger partial charge in [0.2, 0.25) is 6.29 Å². The Labute approximate surface area is 289 Å². The second-order valence-corrected chi connectivity index (χ2v) is 17.4. The Bertz CT molecular complexity index is 1360. The van der Waals surface area contributed by atoms with E-state index in [1.807, 2.05) is 27.7 Å². The smallest absolute Gasteiger partial charge is 0.315 e. The van der Waals surface area contributed by atoms with E-state index < -0.39 is 87.8 Å². The van der Waals surface area contributed by atoms with Gasteiger partial charge in [-0.1, -0.05) is 39.3 Å². The number of carboxylic acids is 1. The molecule has 0 aromatic rings. The van der Waals surface area contributed by atoms with Gasteiger partial charge in [0.15, 0.2) is 0 Å². The van der Waals surface area contributed by atoms with E-state index in [0.29, 0.717) is 44.9 Å². The van der Waals surface area contributed by atoms with Crippen LogP contribution in [0, 0.1) is 50.7 Å². The zero-order valence-corrected chi connectivity index (χ0v) is 30.3. The molecule has 14 atom stereocenters. The number of carbonyl (C=O) groups is 3.